The fraction of sp³-hybridized carbons (Fsp3) is 0.500. The molecule has 0 aliphatic heterocycles. The average Bonchev–Trinajstić information content (AvgIpc) is 3.07. The SMILES string of the molecule is CCCC1CC1NS(=O)(=O)c1cc(C#N)ccc1C. The van der Waals surface area contributed by atoms with Crippen LogP contribution in [0.15, 0.2) is 23.1 Å². The molecule has 0 aromatic heterocycles. The predicted octanol–water partition coefficient (Wildman–Crippen LogP) is 2.33. The van der Waals surface area contributed by atoms with Crippen molar-refractivity contribution >= 4 is 10.0 Å². The molecule has 1 aromatic carbocycles. The lowest BCUT2D eigenvalue weighted by atomic mass is 10.2. The Morgan fingerprint density at radius 2 is 2.21 bits per heavy atom. The summed E-state index contributed by atoms with van der Waals surface area (Å²) < 4.78 is 27.3. The second-order valence-corrected chi connectivity index (χ2v) is 6.79. The molecule has 2 unspecified atom stereocenters. The van der Waals surface area contributed by atoms with Crippen LogP contribution in [-0.2, 0) is 10.0 Å². The third kappa shape index (κ3) is 3.14. The van der Waals surface area contributed by atoms with Crippen molar-refractivity contribution in [3.8, 4) is 6.07 Å². The first kappa shape index (κ1) is 14.0. The van der Waals surface area contributed by atoms with E-state index in [0.717, 1.165) is 19.3 Å². The summed E-state index contributed by atoms with van der Waals surface area (Å²) in [6.07, 6.45) is 3.06. The van der Waals surface area contributed by atoms with Crippen LogP contribution in [0, 0.1) is 24.2 Å². The fourth-order valence-electron chi connectivity index (χ4n) is 2.30. The van der Waals surface area contributed by atoms with Crippen molar-refractivity contribution in [1.82, 2.24) is 4.72 Å². The van der Waals surface area contributed by atoms with Gasteiger partial charge in [0.15, 0.2) is 0 Å². The van der Waals surface area contributed by atoms with E-state index in [1.807, 2.05) is 6.07 Å². The lowest BCUT2D eigenvalue weighted by molar-refractivity contribution is 0.572. The normalized spacial score (nSPS) is 21.9. The molecule has 19 heavy (non-hydrogen) atoms. The van der Waals surface area contributed by atoms with E-state index in [0.29, 0.717) is 17.0 Å². The summed E-state index contributed by atoms with van der Waals surface area (Å²) >= 11 is 0. The molecule has 2 atom stereocenters. The van der Waals surface area contributed by atoms with Crippen LogP contribution in [0.1, 0.15) is 37.3 Å². The number of nitriles is 1. The molecule has 1 aliphatic rings. The van der Waals surface area contributed by atoms with Gasteiger partial charge in [-0.1, -0.05) is 19.4 Å². The molecule has 0 radical (unpaired) electrons. The van der Waals surface area contributed by atoms with Crippen LogP contribution in [0.25, 0.3) is 0 Å². The zero-order valence-corrected chi connectivity index (χ0v) is 12.0. The topological polar surface area (TPSA) is 70.0 Å². The molecule has 1 N–H and O–H groups in total. The molecular weight excluding hydrogens is 260 g/mol. The highest BCUT2D eigenvalue weighted by atomic mass is 32.2. The molecule has 5 heteroatoms. The third-order valence-corrected chi connectivity index (χ3v) is 5.13. The highest BCUT2D eigenvalue weighted by molar-refractivity contribution is 7.89. The number of rotatable bonds is 5. The van der Waals surface area contributed by atoms with Crippen LogP contribution in [0.2, 0.25) is 0 Å². The van der Waals surface area contributed by atoms with Crippen LogP contribution in [0.4, 0.5) is 0 Å². The van der Waals surface area contributed by atoms with Crippen molar-refractivity contribution in [2.24, 2.45) is 5.92 Å². The minimum absolute atomic E-state index is 0.0649. The average molecular weight is 278 g/mol. The van der Waals surface area contributed by atoms with E-state index in [1.165, 1.54) is 6.07 Å². The van der Waals surface area contributed by atoms with Gasteiger partial charge in [0.05, 0.1) is 16.5 Å². The fourth-order valence-corrected chi connectivity index (χ4v) is 3.89. The van der Waals surface area contributed by atoms with Crippen LogP contribution in [0.3, 0.4) is 0 Å². The minimum atomic E-state index is -3.51. The smallest absolute Gasteiger partial charge is 0.208 e. The molecule has 0 saturated heterocycles. The largest absolute Gasteiger partial charge is 0.241 e. The van der Waals surface area contributed by atoms with E-state index in [9.17, 15) is 8.42 Å². The number of hydrogen-bond acceptors (Lipinski definition) is 3. The lowest BCUT2D eigenvalue weighted by Gasteiger charge is -2.09. The maximum Gasteiger partial charge on any atom is 0.241 e. The van der Waals surface area contributed by atoms with Crippen molar-refractivity contribution in [3.63, 3.8) is 0 Å². The van der Waals surface area contributed by atoms with E-state index in [-0.39, 0.29) is 10.9 Å². The summed E-state index contributed by atoms with van der Waals surface area (Å²) in [6, 6.07) is 6.78. The van der Waals surface area contributed by atoms with Crippen molar-refractivity contribution in [2.45, 2.75) is 44.0 Å². The molecule has 0 heterocycles. The second kappa shape index (κ2) is 5.32. The molecule has 1 aromatic rings. The summed E-state index contributed by atoms with van der Waals surface area (Å²) in [5.74, 6) is 0.472. The van der Waals surface area contributed by atoms with Gasteiger partial charge < -0.3 is 0 Å². The molecule has 102 valence electrons. The van der Waals surface area contributed by atoms with Gasteiger partial charge in [-0.05, 0) is 43.4 Å². The number of benzene rings is 1. The molecule has 4 nitrogen and oxygen atoms in total. The van der Waals surface area contributed by atoms with Crippen molar-refractivity contribution in [3.05, 3.63) is 29.3 Å². The van der Waals surface area contributed by atoms with Gasteiger partial charge >= 0.3 is 0 Å². The Hall–Kier alpha value is -1.38. The molecule has 0 spiro atoms. The van der Waals surface area contributed by atoms with Crippen molar-refractivity contribution in [1.29, 1.82) is 5.26 Å². The summed E-state index contributed by atoms with van der Waals surface area (Å²) in [7, 11) is -3.51. The first-order valence-corrected chi connectivity index (χ1v) is 7.99. The first-order chi connectivity index (χ1) is 8.97. The molecule has 0 amide bonds. The summed E-state index contributed by atoms with van der Waals surface area (Å²) in [4.78, 5) is 0.216. The molecule has 1 aliphatic carbocycles. The Kier molecular flexibility index (Phi) is 3.93. The zero-order chi connectivity index (χ0) is 14.0. The van der Waals surface area contributed by atoms with E-state index < -0.39 is 10.0 Å². The number of aryl methyl sites for hydroxylation is 1. The molecular formula is C14H18N2O2S. The van der Waals surface area contributed by atoms with Gasteiger partial charge in [-0.2, -0.15) is 5.26 Å². The standard InChI is InChI=1S/C14H18N2O2S/c1-3-4-12-8-13(12)16-19(17,18)14-7-11(9-15)6-5-10(14)2/h5-7,12-13,16H,3-4,8H2,1-2H3. The molecule has 2 rings (SSSR count). The monoisotopic (exact) mass is 278 g/mol. The van der Waals surface area contributed by atoms with E-state index >= 15 is 0 Å². The lowest BCUT2D eigenvalue weighted by Crippen LogP contribution is -2.27. The highest BCUT2D eigenvalue weighted by Gasteiger charge is 2.39. The Labute approximate surface area is 114 Å². The summed E-state index contributed by atoms with van der Waals surface area (Å²) in [5, 5.41) is 8.86. The molecule has 1 fully saturated rings. The van der Waals surface area contributed by atoms with Gasteiger partial charge in [-0.15, -0.1) is 0 Å². The van der Waals surface area contributed by atoms with Crippen LogP contribution < -0.4 is 4.72 Å². The van der Waals surface area contributed by atoms with E-state index in [1.54, 1.807) is 19.1 Å². The van der Waals surface area contributed by atoms with Crippen molar-refractivity contribution in [2.75, 3.05) is 0 Å². The van der Waals surface area contributed by atoms with Crippen LogP contribution in [-0.4, -0.2) is 14.5 Å². The number of nitrogens with zero attached hydrogens (tertiary/aromatic N) is 1. The van der Waals surface area contributed by atoms with Crippen LogP contribution >= 0.6 is 0 Å². The Balaban J connectivity index is 2.19. The van der Waals surface area contributed by atoms with Crippen molar-refractivity contribution < 1.29 is 8.42 Å². The summed E-state index contributed by atoms with van der Waals surface area (Å²) in [6.45, 7) is 3.84. The van der Waals surface area contributed by atoms with E-state index in [2.05, 4.69) is 11.6 Å². The Morgan fingerprint density at radius 3 is 2.84 bits per heavy atom. The van der Waals surface area contributed by atoms with E-state index in [4.69, 9.17) is 5.26 Å². The minimum Gasteiger partial charge on any atom is -0.208 e. The summed E-state index contributed by atoms with van der Waals surface area (Å²) in [5.41, 5.74) is 1.03. The number of nitrogens with one attached hydrogen (secondary N) is 1. The maximum absolute atomic E-state index is 12.3. The van der Waals surface area contributed by atoms with Gasteiger partial charge in [-0.3, -0.25) is 0 Å². The zero-order valence-electron chi connectivity index (χ0n) is 11.2. The Morgan fingerprint density at radius 1 is 1.47 bits per heavy atom. The highest BCUT2D eigenvalue weighted by Crippen LogP contribution is 2.35. The van der Waals surface area contributed by atoms with Gasteiger partial charge in [0.2, 0.25) is 10.0 Å². The van der Waals surface area contributed by atoms with Gasteiger partial charge in [-0.25, -0.2) is 13.1 Å². The number of sulfonamides is 1. The molecule has 0 bridgehead atoms. The third-order valence-electron chi connectivity index (χ3n) is 3.50. The van der Waals surface area contributed by atoms with Gasteiger partial charge in [0.25, 0.3) is 0 Å². The molecule has 1 saturated carbocycles. The van der Waals surface area contributed by atoms with Crippen LogP contribution in [0.5, 0.6) is 0 Å². The maximum atomic E-state index is 12.3. The predicted molar refractivity (Wildman–Crippen MR) is 73.0 cm³/mol. The number of hydrogen-bond donors (Lipinski definition) is 1. The first-order valence-electron chi connectivity index (χ1n) is 6.51. The second-order valence-electron chi connectivity index (χ2n) is 5.10. The Bertz CT molecular complexity index is 617. The van der Waals surface area contributed by atoms with Gasteiger partial charge in [0, 0.05) is 6.04 Å². The quantitative estimate of drug-likeness (QED) is 0.898. The van der Waals surface area contributed by atoms with Gasteiger partial charge in [0.1, 0.15) is 0 Å².